The van der Waals surface area contributed by atoms with E-state index in [1.807, 2.05) is 0 Å². The fraction of sp³-hybridized carbons (Fsp3) is 0.174. The minimum Gasteiger partial charge on any atom is -0.508 e. The van der Waals surface area contributed by atoms with Crippen LogP contribution in [0.3, 0.4) is 0 Å². The first kappa shape index (κ1) is 21.8. The van der Waals surface area contributed by atoms with Crippen LogP contribution in [0, 0.1) is 0 Å². The van der Waals surface area contributed by atoms with Crippen molar-refractivity contribution < 1.29 is 49.6 Å². The molecule has 33 heavy (non-hydrogen) atoms. The van der Waals surface area contributed by atoms with Crippen LogP contribution in [0.2, 0.25) is 0 Å². The van der Waals surface area contributed by atoms with Crippen LogP contribution in [0.1, 0.15) is 27.6 Å². The quantitative estimate of drug-likeness (QED) is 0.254. The van der Waals surface area contributed by atoms with Gasteiger partial charge in [-0.15, -0.1) is 0 Å². The Balaban J connectivity index is 1.73. The van der Waals surface area contributed by atoms with E-state index in [0.717, 1.165) is 18.2 Å². The zero-order valence-electron chi connectivity index (χ0n) is 17.2. The van der Waals surface area contributed by atoms with Crippen molar-refractivity contribution in [2.75, 3.05) is 7.11 Å². The number of carbonyl (C=O) groups excluding carboxylic acids is 1. The highest BCUT2D eigenvalue weighted by Crippen LogP contribution is 2.44. The van der Waals surface area contributed by atoms with Crippen LogP contribution in [-0.2, 0) is 11.2 Å². The van der Waals surface area contributed by atoms with Gasteiger partial charge in [0.25, 0.3) is 0 Å². The maximum atomic E-state index is 12.9. The molecule has 6 N–H and O–H groups in total. The topological polar surface area (TPSA) is 166 Å². The molecule has 3 aromatic rings. The number of esters is 1. The summed E-state index contributed by atoms with van der Waals surface area (Å²) in [6, 6.07) is 9.11. The molecule has 0 spiro atoms. The van der Waals surface area contributed by atoms with E-state index in [1.165, 1.54) is 19.2 Å². The van der Waals surface area contributed by atoms with Crippen molar-refractivity contribution in [1.29, 1.82) is 0 Å². The Morgan fingerprint density at radius 2 is 1.58 bits per heavy atom. The normalized spacial score (nSPS) is 17.0. The largest absolute Gasteiger partial charge is 0.508 e. The summed E-state index contributed by atoms with van der Waals surface area (Å²) in [6.07, 6.45) is -2.07. The Bertz CT molecular complexity index is 1210. The summed E-state index contributed by atoms with van der Waals surface area (Å²) in [6.45, 7) is 0. The van der Waals surface area contributed by atoms with Crippen LogP contribution in [0.4, 0.5) is 0 Å². The molecule has 4 rings (SSSR count). The van der Waals surface area contributed by atoms with Gasteiger partial charge in [-0.25, -0.2) is 4.79 Å². The fourth-order valence-electron chi connectivity index (χ4n) is 3.64. The lowest BCUT2D eigenvalue weighted by atomic mass is 9.93. The van der Waals surface area contributed by atoms with E-state index in [0.29, 0.717) is 11.3 Å². The Labute approximate surface area is 187 Å². The lowest BCUT2D eigenvalue weighted by molar-refractivity contribution is -0.0188. The first-order valence-corrected chi connectivity index (χ1v) is 9.73. The van der Waals surface area contributed by atoms with Crippen LogP contribution >= 0.6 is 0 Å². The molecule has 10 nitrogen and oxygen atoms in total. The molecule has 0 saturated carbocycles. The fourth-order valence-corrected chi connectivity index (χ4v) is 3.64. The second-order valence-electron chi connectivity index (χ2n) is 7.39. The Kier molecular flexibility index (Phi) is 5.42. The van der Waals surface area contributed by atoms with E-state index in [2.05, 4.69) is 0 Å². The monoisotopic (exact) mass is 456 g/mol. The van der Waals surface area contributed by atoms with Crippen LogP contribution in [-0.4, -0.2) is 49.8 Å². The highest BCUT2D eigenvalue weighted by molar-refractivity contribution is 5.91. The Morgan fingerprint density at radius 3 is 2.24 bits per heavy atom. The molecular formula is C23H20O10. The predicted octanol–water partition coefficient (Wildman–Crippen LogP) is 2.83. The summed E-state index contributed by atoms with van der Waals surface area (Å²) in [4.78, 5) is 12.9. The molecule has 0 radical (unpaired) electrons. The van der Waals surface area contributed by atoms with Gasteiger partial charge < -0.3 is 44.8 Å². The molecule has 0 bridgehead atoms. The van der Waals surface area contributed by atoms with E-state index in [9.17, 15) is 35.4 Å². The average Bonchev–Trinajstić information content (AvgIpc) is 2.79. The zero-order valence-corrected chi connectivity index (χ0v) is 17.2. The third-order valence-electron chi connectivity index (χ3n) is 5.29. The molecule has 0 saturated heterocycles. The average molecular weight is 456 g/mol. The van der Waals surface area contributed by atoms with Crippen molar-refractivity contribution in [3.8, 4) is 46.0 Å². The number of phenols is 6. The molecular weight excluding hydrogens is 436 g/mol. The summed E-state index contributed by atoms with van der Waals surface area (Å²) in [5.41, 5.74) is 0.450. The van der Waals surface area contributed by atoms with Crippen molar-refractivity contribution in [2.45, 2.75) is 18.6 Å². The number of hydrogen-bond acceptors (Lipinski definition) is 10. The SMILES string of the molecule is COc1cc(C(=O)OC2Cc3c(O)cccc3O[C@@H]2c2cc(O)c(O)c(O)c2)cc(O)c1O. The highest BCUT2D eigenvalue weighted by Gasteiger charge is 2.37. The van der Waals surface area contributed by atoms with Crippen molar-refractivity contribution in [2.24, 2.45) is 0 Å². The maximum Gasteiger partial charge on any atom is 0.338 e. The number of carbonyl (C=O) groups is 1. The number of hydrogen-bond donors (Lipinski definition) is 6. The molecule has 1 aliphatic heterocycles. The molecule has 0 aromatic heterocycles. The summed E-state index contributed by atoms with van der Waals surface area (Å²) >= 11 is 0. The van der Waals surface area contributed by atoms with Gasteiger partial charge in [-0.3, -0.25) is 0 Å². The van der Waals surface area contributed by atoms with Gasteiger partial charge in [0.05, 0.1) is 12.7 Å². The van der Waals surface area contributed by atoms with Gasteiger partial charge >= 0.3 is 5.97 Å². The number of methoxy groups -OCH3 is 1. The number of fused-ring (bicyclic) bond motifs is 1. The highest BCUT2D eigenvalue weighted by atomic mass is 16.6. The van der Waals surface area contributed by atoms with Crippen molar-refractivity contribution in [1.82, 2.24) is 0 Å². The van der Waals surface area contributed by atoms with Crippen LogP contribution in [0.5, 0.6) is 46.0 Å². The smallest absolute Gasteiger partial charge is 0.338 e. The number of phenolic OH excluding ortho intramolecular Hbond substituents is 6. The summed E-state index contributed by atoms with van der Waals surface area (Å²) in [7, 11) is 1.25. The molecule has 10 heteroatoms. The first-order valence-electron chi connectivity index (χ1n) is 9.73. The van der Waals surface area contributed by atoms with Crippen LogP contribution in [0.25, 0.3) is 0 Å². The lowest BCUT2D eigenvalue weighted by Crippen LogP contribution is -2.34. The number of benzene rings is 3. The standard InChI is InChI=1S/C23H20O10/c1-31-18-8-11(7-16(27)21(18)29)23(30)33-19-9-12-13(24)3-2-4-17(12)32-22(19)10-5-14(25)20(28)15(26)6-10/h2-8,19,22,24-29H,9H2,1H3/t19?,22-/m1/s1. The van der Waals surface area contributed by atoms with Gasteiger partial charge in [0, 0.05) is 17.5 Å². The molecule has 3 aromatic carbocycles. The van der Waals surface area contributed by atoms with Crippen LogP contribution < -0.4 is 9.47 Å². The first-order chi connectivity index (χ1) is 15.7. The molecule has 172 valence electrons. The number of ether oxygens (including phenoxy) is 3. The third-order valence-corrected chi connectivity index (χ3v) is 5.29. The van der Waals surface area contributed by atoms with Crippen LogP contribution in [0.15, 0.2) is 42.5 Å². The van der Waals surface area contributed by atoms with Crippen molar-refractivity contribution in [3.63, 3.8) is 0 Å². The Morgan fingerprint density at radius 1 is 0.909 bits per heavy atom. The molecule has 1 heterocycles. The predicted molar refractivity (Wildman–Crippen MR) is 112 cm³/mol. The Hall–Kier alpha value is -4.47. The summed E-state index contributed by atoms with van der Waals surface area (Å²) in [5, 5.41) is 59.4. The maximum absolute atomic E-state index is 12.9. The van der Waals surface area contributed by atoms with E-state index >= 15 is 0 Å². The van der Waals surface area contributed by atoms with Gasteiger partial charge in [-0.2, -0.15) is 0 Å². The lowest BCUT2D eigenvalue weighted by Gasteiger charge is -2.34. The number of aromatic hydroxyl groups is 6. The van der Waals surface area contributed by atoms with E-state index in [4.69, 9.17) is 14.2 Å². The van der Waals surface area contributed by atoms with E-state index in [-0.39, 0.29) is 29.0 Å². The van der Waals surface area contributed by atoms with E-state index in [1.54, 1.807) is 12.1 Å². The van der Waals surface area contributed by atoms with Gasteiger partial charge in [0.2, 0.25) is 5.75 Å². The minimum atomic E-state index is -1.05. The minimum absolute atomic E-state index is 0.0159. The van der Waals surface area contributed by atoms with Gasteiger partial charge in [0.15, 0.2) is 34.9 Å². The van der Waals surface area contributed by atoms with Gasteiger partial charge in [0.1, 0.15) is 17.6 Å². The van der Waals surface area contributed by atoms with Gasteiger partial charge in [-0.05, 0) is 36.4 Å². The molecule has 2 atom stereocenters. The van der Waals surface area contributed by atoms with Gasteiger partial charge in [-0.1, -0.05) is 6.07 Å². The molecule has 0 amide bonds. The number of rotatable bonds is 4. The second kappa shape index (κ2) is 8.23. The summed E-state index contributed by atoms with van der Waals surface area (Å²) < 4.78 is 16.5. The second-order valence-corrected chi connectivity index (χ2v) is 7.39. The molecule has 1 aliphatic rings. The zero-order chi connectivity index (χ0) is 23.9. The summed E-state index contributed by atoms with van der Waals surface area (Å²) in [5.74, 6) is -3.86. The molecule has 0 aliphatic carbocycles. The van der Waals surface area contributed by atoms with Crippen molar-refractivity contribution in [3.05, 3.63) is 59.2 Å². The van der Waals surface area contributed by atoms with E-state index < -0.39 is 46.9 Å². The van der Waals surface area contributed by atoms with Crippen molar-refractivity contribution >= 4 is 5.97 Å². The molecule has 0 fully saturated rings. The third kappa shape index (κ3) is 3.93. The molecule has 1 unspecified atom stereocenters.